The summed E-state index contributed by atoms with van der Waals surface area (Å²) >= 11 is 0. The minimum absolute atomic E-state index is 0.0125. The van der Waals surface area contributed by atoms with Crippen molar-refractivity contribution in [3.8, 4) is 11.5 Å². The highest BCUT2D eigenvalue weighted by Gasteiger charge is 2.55. The largest absolute Gasteiger partial charge is 0.505 e. The van der Waals surface area contributed by atoms with Crippen molar-refractivity contribution in [3.63, 3.8) is 0 Å². The first kappa shape index (κ1) is 17.3. The SMILES string of the molecule is COc1ccc2c(c1OS(=O)(=O)O)[C@]13CCN[C@H](C2)[C@@H]1C=C(O)C(=O)C3. The molecule has 3 N–H and O–H groups in total. The van der Waals surface area contributed by atoms with E-state index in [2.05, 4.69) is 5.32 Å². The number of fused-ring (bicyclic) bond motifs is 1. The first-order chi connectivity index (χ1) is 12.2. The van der Waals surface area contributed by atoms with Crippen LogP contribution in [-0.4, -0.2) is 43.6 Å². The number of nitrogens with one attached hydrogen (secondary N) is 1. The maximum absolute atomic E-state index is 12.3. The zero-order chi connectivity index (χ0) is 18.7. The fourth-order valence-electron chi connectivity index (χ4n) is 4.77. The summed E-state index contributed by atoms with van der Waals surface area (Å²) < 4.78 is 42.3. The lowest BCUT2D eigenvalue weighted by Crippen LogP contribution is -2.60. The molecule has 3 atom stereocenters. The van der Waals surface area contributed by atoms with E-state index in [0.717, 1.165) is 5.56 Å². The molecule has 0 aromatic heterocycles. The fraction of sp³-hybridized carbons (Fsp3) is 0.471. The van der Waals surface area contributed by atoms with E-state index in [0.29, 0.717) is 24.9 Å². The number of benzene rings is 1. The van der Waals surface area contributed by atoms with Gasteiger partial charge in [0, 0.05) is 29.4 Å². The van der Waals surface area contributed by atoms with Gasteiger partial charge in [0.15, 0.2) is 23.0 Å². The van der Waals surface area contributed by atoms with Crippen molar-refractivity contribution in [2.75, 3.05) is 13.7 Å². The van der Waals surface area contributed by atoms with Crippen LogP contribution in [0.5, 0.6) is 11.5 Å². The van der Waals surface area contributed by atoms with Crippen molar-refractivity contribution in [1.29, 1.82) is 0 Å². The Morgan fingerprint density at radius 2 is 2.12 bits per heavy atom. The topological polar surface area (TPSA) is 122 Å². The first-order valence-electron chi connectivity index (χ1n) is 8.30. The van der Waals surface area contributed by atoms with Gasteiger partial charge in [-0.15, -0.1) is 0 Å². The van der Waals surface area contributed by atoms with Crippen molar-refractivity contribution in [2.24, 2.45) is 5.92 Å². The summed E-state index contributed by atoms with van der Waals surface area (Å²) in [4.78, 5) is 12.3. The van der Waals surface area contributed by atoms with Crippen LogP contribution in [0.3, 0.4) is 0 Å². The van der Waals surface area contributed by atoms with E-state index >= 15 is 0 Å². The molecule has 3 aliphatic rings. The number of carbonyl (C=O) groups excluding carboxylic acids is 1. The van der Waals surface area contributed by atoms with Gasteiger partial charge in [-0.3, -0.25) is 9.35 Å². The van der Waals surface area contributed by atoms with E-state index < -0.39 is 21.6 Å². The average molecular weight is 381 g/mol. The number of Topliss-reactive ketones (excluding diaryl/α,β-unsaturated/α-hetero) is 1. The van der Waals surface area contributed by atoms with Crippen LogP contribution in [0, 0.1) is 5.92 Å². The third-order valence-corrected chi connectivity index (χ3v) is 6.08. The van der Waals surface area contributed by atoms with Crippen LogP contribution in [-0.2, 0) is 27.0 Å². The van der Waals surface area contributed by atoms with Crippen molar-refractivity contribution in [3.05, 3.63) is 35.1 Å². The predicted molar refractivity (Wildman–Crippen MR) is 90.8 cm³/mol. The summed E-state index contributed by atoms with van der Waals surface area (Å²) in [6, 6.07) is 3.42. The van der Waals surface area contributed by atoms with Gasteiger partial charge in [-0.1, -0.05) is 6.07 Å². The van der Waals surface area contributed by atoms with Gasteiger partial charge in [0.1, 0.15) is 0 Å². The van der Waals surface area contributed by atoms with Gasteiger partial charge in [0.25, 0.3) is 0 Å². The van der Waals surface area contributed by atoms with Gasteiger partial charge in [0.2, 0.25) is 0 Å². The molecule has 1 aliphatic heterocycles. The zero-order valence-electron chi connectivity index (χ0n) is 14.1. The molecule has 0 saturated carbocycles. The molecular weight excluding hydrogens is 362 g/mol. The van der Waals surface area contributed by atoms with Crippen molar-refractivity contribution >= 4 is 16.2 Å². The number of hydrogen-bond donors (Lipinski definition) is 3. The minimum Gasteiger partial charge on any atom is -0.505 e. The standard InChI is InChI=1S/C17H19NO7S/c1-24-14-3-2-9-6-11-10-7-12(19)13(20)8-17(10,4-5-18-11)15(9)16(14)25-26(21,22)23/h2-3,7,10-11,18-19H,4-6,8H2,1H3,(H,21,22,23)/t10-,11+,17-/m0/s1. The van der Waals surface area contributed by atoms with E-state index in [9.17, 15) is 22.9 Å². The third kappa shape index (κ3) is 2.50. The molecule has 1 aromatic carbocycles. The molecule has 140 valence electrons. The monoisotopic (exact) mass is 381 g/mol. The zero-order valence-corrected chi connectivity index (χ0v) is 14.9. The van der Waals surface area contributed by atoms with Crippen molar-refractivity contribution in [2.45, 2.75) is 30.7 Å². The van der Waals surface area contributed by atoms with Gasteiger partial charge >= 0.3 is 10.4 Å². The molecule has 2 aliphatic carbocycles. The highest BCUT2D eigenvalue weighted by molar-refractivity contribution is 7.81. The molecule has 1 heterocycles. The second-order valence-electron chi connectivity index (χ2n) is 6.99. The van der Waals surface area contributed by atoms with Gasteiger partial charge in [0.05, 0.1) is 7.11 Å². The highest BCUT2D eigenvalue weighted by Crippen LogP contribution is 2.56. The lowest BCUT2D eigenvalue weighted by Gasteiger charge is -2.53. The van der Waals surface area contributed by atoms with E-state index in [-0.39, 0.29) is 35.6 Å². The molecule has 2 bridgehead atoms. The molecule has 0 unspecified atom stereocenters. The summed E-state index contributed by atoms with van der Waals surface area (Å²) in [5, 5.41) is 13.4. The first-order valence-corrected chi connectivity index (χ1v) is 9.66. The van der Waals surface area contributed by atoms with Crippen LogP contribution < -0.4 is 14.2 Å². The van der Waals surface area contributed by atoms with Crippen LogP contribution >= 0.6 is 0 Å². The van der Waals surface area contributed by atoms with Gasteiger partial charge < -0.3 is 19.3 Å². The number of rotatable bonds is 3. The van der Waals surface area contributed by atoms with Crippen LogP contribution in [0.15, 0.2) is 24.0 Å². The number of ketones is 1. The number of aliphatic hydroxyl groups excluding tert-OH is 1. The van der Waals surface area contributed by atoms with Gasteiger partial charge in [-0.2, -0.15) is 8.42 Å². The number of piperidine rings is 1. The quantitative estimate of drug-likeness (QED) is 0.665. The predicted octanol–water partition coefficient (Wildman–Crippen LogP) is 1.06. The second-order valence-corrected chi connectivity index (χ2v) is 8.01. The van der Waals surface area contributed by atoms with E-state index in [1.807, 2.05) is 6.07 Å². The Hall–Kier alpha value is -2.10. The van der Waals surface area contributed by atoms with Crippen LogP contribution in [0.4, 0.5) is 0 Å². The molecule has 1 aromatic rings. The van der Waals surface area contributed by atoms with Crippen LogP contribution in [0.2, 0.25) is 0 Å². The lowest BCUT2D eigenvalue weighted by atomic mass is 9.54. The molecule has 8 nitrogen and oxygen atoms in total. The summed E-state index contributed by atoms with van der Waals surface area (Å²) in [7, 11) is -3.41. The maximum Gasteiger partial charge on any atom is 0.446 e. The Bertz CT molecular complexity index is 923. The Labute approximate surface area is 150 Å². The fourth-order valence-corrected chi connectivity index (χ4v) is 5.14. The summed E-state index contributed by atoms with van der Waals surface area (Å²) in [5.41, 5.74) is 0.677. The number of aliphatic hydroxyl groups is 1. The third-order valence-electron chi connectivity index (χ3n) is 5.70. The average Bonchev–Trinajstić information content (AvgIpc) is 2.54. The van der Waals surface area contributed by atoms with E-state index in [4.69, 9.17) is 8.92 Å². The van der Waals surface area contributed by atoms with E-state index in [1.165, 1.54) is 7.11 Å². The number of methoxy groups -OCH3 is 1. The maximum atomic E-state index is 12.3. The smallest absolute Gasteiger partial charge is 0.446 e. The van der Waals surface area contributed by atoms with Crippen molar-refractivity contribution < 1.29 is 31.8 Å². The molecule has 9 heteroatoms. The molecule has 26 heavy (non-hydrogen) atoms. The molecule has 0 amide bonds. The molecule has 0 spiro atoms. The lowest BCUT2D eigenvalue weighted by molar-refractivity contribution is -0.121. The number of hydrogen-bond acceptors (Lipinski definition) is 7. The Morgan fingerprint density at radius 3 is 2.81 bits per heavy atom. The molecule has 0 radical (unpaired) electrons. The summed E-state index contributed by atoms with van der Waals surface area (Å²) in [5.74, 6) is -0.770. The summed E-state index contributed by atoms with van der Waals surface area (Å²) in [6.45, 7) is 0.644. The van der Waals surface area contributed by atoms with Gasteiger partial charge in [-0.05, 0) is 37.1 Å². The molecule has 1 saturated heterocycles. The minimum atomic E-state index is -4.78. The van der Waals surface area contributed by atoms with Crippen molar-refractivity contribution in [1.82, 2.24) is 5.32 Å². The van der Waals surface area contributed by atoms with Gasteiger partial charge in [-0.25, -0.2) is 0 Å². The molecule has 4 rings (SSSR count). The normalized spacial score (nSPS) is 30.1. The number of allylic oxidation sites excluding steroid dienone is 1. The Kier molecular flexibility index (Phi) is 3.80. The van der Waals surface area contributed by atoms with Crippen LogP contribution in [0.25, 0.3) is 0 Å². The summed E-state index contributed by atoms with van der Waals surface area (Å²) in [6.07, 6.45) is 2.74. The van der Waals surface area contributed by atoms with Crippen LogP contribution in [0.1, 0.15) is 24.0 Å². The Balaban J connectivity index is 2.01. The number of carbonyl (C=O) groups is 1. The Morgan fingerprint density at radius 1 is 1.35 bits per heavy atom. The number of ether oxygens (including phenoxy) is 1. The highest BCUT2D eigenvalue weighted by atomic mass is 32.3. The second kappa shape index (κ2) is 5.70. The molecular formula is C17H19NO7S. The molecule has 1 fully saturated rings. The van der Waals surface area contributed by atoms with E-state index in [1.54, 1.807) is 12.1 Å².